The number of hydrogen-bond donors (Lipinski definition) is 2. The number of aliphatic hydroxyl groups excluding tert-OH is 1. The summed E-state index contributed by atoms with van der Waals surface area (Å²) in [5.41, 5.74) is 6.62. The second kappa shape index (κ2) is 9.16. The number of aromatic nitrogens is 2. The van der Waals surface area contributed by atoms with E-state index in [1.165, 1.54) is 10.6 Å². The smallest absolute Gasteiger partial charge is 0.160 e. The number of pyridine rings is 1. The van der Waals surface area contributed by atoms with Crippen LogP contribution >= 0.6 is 0 Å². The maximum Gasteiger partial charge on any atom is 0.160 e. The van der Waals surface area contributed by atoms with Gasteiger partial charge in [-0.3, -0.25) is 4.40 Å². The number of halogens is 5. The monoisotopic (exact) mass is 512 g/mol. The SMILES string of the molecule is CC(F)C(F)c1cc(F)cc(C#N)c1Cc1cc(F)c(-c2cnc3c(N)cccn23)c2c1CC(F)C2O. The molecule has 1 aliphatic carbocycles. The van der Waals surface area contributed by atoms with Crippen LogP contribution in [0.4, 0.5) is 27.6 Å². The Labute approximate surface area is 208 Å². The molecule has 0 saturated carbocycles. The van der Waals surface area contributed by atoms with Crippen molar-refractivity contribution < 1.29 is 27.1 Å². The van der Waals surface area contributed by atoms with Gasteiger partial charge >= 0.3 is 0 Å². The Bertz CT molecular complexity index is 1580. The summed E-state index contributed by atoms with van der Waals surface area (Å²) in [5.74, 6) is -1.74. The quantitative estimate of drug-likeness (QED) is 0.340. The molecule has 0 bridgehead atoms. The summed E-state index contributed by atoms with van der Waals surface area (Å²) in [5, 5.41) is 20.3. The minimum absolute atomic E-state index is 0.00421. The first kappa shape index (κ1) is 24.7. The molecule has 0 amide bonds. The topological polar surface area (TPSA) is 87.3 Å². The fraction of sp³-hybridized carbons (Fsp3) is 0.259. The largest absolute Gasteiger partial charge is 0.396 e. The van der Waals surface area contributed by atoms with Crippen molar-refractivity contribution >= 4 is 11.3 Å². The van der Waals surface area contributed by atoms with Crippen molar-refractivity contribution in [1.82, 2.24) is 9.38 Å². The summed E-state index contributed by atoms with van der Waals surface area (Å²) in [6.45, 7) is 0.963. The molecule has 0 spiro atoms. The van der Waals surface area contributed by atoms with Gasteiger partial charge in [0.05, 0.1) is 29.2 Å². The molecule has 4 aromatic rings. The van der Waals surface area contributed by atoms with Gasteiger partial charge in [0, 0.05) is 18.2 Å². The van der Waals surface area contributed by atoms with Crippen molar-refractivity contribution in [2.75, 3.05) is 5.73 Å². The van der Waals surface area contributed by atoms with Crippen LogP contribution in [0.3, 0.4) is 0 Å². The molecular formula is C27H21F5N4O. The van der Waals surface area contributed by atoms with Crippen LogP contribution < -0.4 is 5.73 Å². The van der Waals surface area contributed by atoms with E-state index in [9.17, 15) is 27.9 Å². The standard InChI is InChI=1S/C27H21F5N4O/c1-12(28)25(32)18-8-15(29)5-14(10-33)16(18)6-13-7-19(30)24(23-17(13)9-20(31)26(23)37)22-11-35-27-21(34)3-2-4-36(22)27/h2-5,7-8,11-12,20,25-26,37H,6,9,34H2,1H3. The van der Waals surface area contributed by atoms with Crippen molar-refractivity contribution in [3.63, 3.8) is 0 Å². The lowest BCUT2D eigenvalue weighted by molar-refractivity contribution is 0.0928. The lowest BCUT2D eigenvalue weighted by Gasteiger charge is -2.20. The third-order valence-corrected chi connectivity index (χ3v) is 6.82. The van der Waals surface area contributed by atoms with E-state index >= 15 is 4.39 Å². The fourth-order valence-electron chi connectivity index (χ4n) is 5.09. The van der Waals surface area contributed by atoms with Crippen molar-refractivity contribution in [2.45, 2.75) is 44.4 Å². The number of anilines is 1. The zero-order chi connectivity index (χ0) is 26.6. The Morgan fingerprint density at radius 1 is 1.27 bits per heavy atom. The molecule has 190 valence electrons. The van der Waals surface area contributed by atoms with Gasteiger partial charge in [-0.25, -0.2) is 26.9 Å². The van der Waals surface area contributed by atoms with E-state index in [0.717, 1.165) is 25.1 Å². The summed E-state index contributed by atoms with van der Waals surface area (Å²) in [6, 6.07) is 7.83. The van der Waals surface area contributed by atoms with Gasteiger partial charge in [-0.1, -0.05) is 0 Å². The highest BCUT2D eigenvalue weighted by Gasteiger charge is 2.38. The highest BCUT2D eigenvalue weighted by Crippen LogP contribution is 2.45. The lowest BCUT2D eigenvalue weighted by Crippen LogP contribution is -2.12. The first-order valence-electron chi connectivity index (χ1n) is 11.5. The van der Waals surface area contributed by atoms with E-state index in [4.69, 9.17) is 5.73 Å². The van der Waals surface area contributed by atoms with Crippen LogP contribution in [0.1, 0.15) is 52.6 Å². The molecule has 4 atom stereocenters. The zero-order valence-corrected chi connectivity index (χ0v) is 19.5. The van der Waals surface area contributed by atoms with Crippen LogP contribution in [0, 0.1) is 23.0 Å². The summed E-state index contributed by atoms with van der Waals surface area (Å²) < 4.78 is 74.9. The van der Waals surface area contributed by atoms with E-state index < -0.39 is 36.3 Å². The molecule has 4 unspecified atom stereocenters. The summed E-state index contributed by atoms with van der Waals surface area (Å²) >= 11 is 0. The first-order chi connectivity index (χ1) is 17.6. The molecule has 2 heterocycles. The van der Waals surface area contributed by atoms with Crippen molar-refractivity contribution in [2.24, 2.45) is 0 Å². The van der Waals surface area contributed by atoms with Crippen LogP contribution in [0.15, 0.2) is 42.7 Å². The molecule has 5 nitrogen and oxygen atoms in total. The molecule has 2 aromatic carbocycles. The Morgan fingerprint density at radius 2 is 2.03 bits per heavy atom. The number of imidazole rings is 1. The maximum atomic E-state index is 15.8. The second-order valence-corrected chi connectivity index (χ2v) is 9.14. The summed E-state index contributed by atoms with van der Waals surface area (Å²) in [6.07, 6.45) is -5.25. The average Bonchev–Trinajstić information content (AvgIpc) is 3.42. The number of alkyl halides is 3. The number of aliphatic hydroxyl groups is 1. The molecule has 5 rings (SSSR count). The lowest BCUT2D eigenvalue weighted by atomic mass is 9.87. The number of nitrogens with zero attached hydrogens (tertiary/aromatic N) is 3. The molecule has 1 aliphatic rings. The number of benzene rings is 2. The van der Waals surface area contributed by atoms with Crippen LogP contribution in [-0.4, -0.2) is 26.8 Å². The number of nitrogens with two attached hydrogens (primary N) is 1. The van der Waals surface area contributed by atoms with Crippen LogP contribution in [0.2, 0.25) is 0 Å². The van der Waals surface area contributed by atoms with Gasteiger partial charge in [0.25, 0.3) is 0 Å². The van der Waals surface area contributed by atoms with Gasteiger partial charge in [-0.05, 0) is 71.5 Å². The average molecular weight is 512 g/mol. The second-order valence-electron chi connectivity index (χ2n) is 9.14. The van der Waals surface area contributed by atoms with Gasteiger partial charge in [-0.2, -0.15) is 5.26 Å². The number of hydrogen-bond acceptors (Lipinski definition) is 4. The highest BCUT2D eigenvalue weighted by molar-refractivity contribution is 5.76. The minimum Gasteiger partial charge on any atom is -0.396 e. The van der Waals surface area contributed by atoms with Gasteiger partial charge in [-0.15, -0.1) is 0 Å². The molecule has 10 heteroatoms. The van der Waals surface area contributed by atoms with Gasteiger partial charge in [0.15, 0.2) is 11.8 Å². The Kier molecular flexibility index (Phi) is 6.12. The molecule has 0 fully saturated rings. The number of nitriles is 1. The van der Waals surface area contributed by atoms with E-state index in [1.54, 1.807) is 24.4 Å². The Hall–Kier alpha value is -3.97. The van der Waals surface area contributed by atoms with Gasteiger partial charge in [0.1, 0.15) is 30.1 Å². The molecule has 3 N–H and O–H groups in total. The maximum absolute atomic E-state index is 15.8. The van der Waals surface area contributed by atoms with Gasteiger partial charge in [0.2, 0.25) is 0 Å². The van der Waals surface area contributed by atoms with Crippen molar-refractivity contribution in [3.05, 3.63) is 87.7 Å². The van der Waals surface area contributed by atoms with Crippen LogP contribution in [0.25, 0.3) is 16.9 Å². The van der Waals surface area contributed by atoms with Crippen LogP contribution in [0.5, 0.6) is 0 Å². The fourth-order valence-corrected chi connectivity index (χ4v) is 5.09. The normalized spacial score (nSPS) is 18.5. The molecule has 0 radical (unpaired) electrons. The molecule has 37 heavy (non-hydrogen) atoms. The molecular weight excluding hydrogens is 491 g/mol. The van der Waals surface area contributed by atoms with E-state index in [0.29, 0.717) is 11.3 Å². The van der Waals surface area contributed by atoms with Gasteiger partial charge < -0.3 is 10.8 Å². The Morgan fingerprint density at radius 3 is 2.73 bits per heavy atom. The van der Waals surface area contributed by atoms with Crippen molar-refractivity contribution in [1.29, 1.82) is 5.26 Å². The molecule has 2 aromatic heterocycles. The van der Waals surface area contributed by atoms with Crippen LogP contribution in [-0.2, 0) is 12.8 Å². The van der Waals surface area contributed by atoms with E-state index in [1.807, 2.05) is 0 Å². The zero-order valence-electron chi connectivity index (χ0n) is 19.5. The summed E-state index contributed by atoms with van der Waals surface area (Å²) in [7, 11) is 0. The third kappa shape index (κ3) is 4.00. The highest BCUT2D eigenvalue weighted by atomic mass is 19.2. The van der Waals surface area contributed by atoms with E-state index in [-0.39, 0.29) is 57.5 Å². The number of rotatable bonds is 5. The summed E-state index contributed by atoms with van der Waals surface area (Å²) in [4.78, 5) is 4.22. The number of nitrogen functional groups attached to an aromatic ring is 1. The predicted octanol–water partition coefficient (Wildman–Crippen LogP) is 5.62. The van der Waals surface area contributed by atoms with Crippen molar-refractivity contribution in [3.8, 4) is 17.3 Å². The Balaban J connectivity index is 1.72. The predicted molar refractivity (Wildman–Crippen MR) is 127 cm³/mol. The van der Waals surface area contributed by atoms with E-state index in [2.05, 4.69) is 4.98 Å². The molecule has 0 saturated heterocycles. The minimum atomic E-state index is -2.24. The third-order valence-electron chi connectivity index (χ3n) is 6.82. The first-order valence-corrected chi connectivity index (χ1v) is 11.5. The molecule has 0 aliphatic heterocycles. The number of fused-ring (bicyclic) bond motifs is 2.